The molecule has 1 aliphatic rings. The van der Waals surface area contributed by atoms with E-state index in [1.54, 1.807) is 60.5 Å². The van der Waals surface area contributed by atoms with Crippen LogP contribution in [0.2, 0.25) is 0 Å². The van der Waals surface area contributed by atoms with Crippen molar-refractivity contribution in [3.63, 3.8) is 0 Å². The Labute approximate surface area is 359 Å². The number of aliphatic hydroxyl groups excluding tert-OH is 1. The monoisotopic (exact) mass is 838 g/mol. The number of aromatic nitrogens is 1. The van der Waals surface area contributed by atoms with Gasteiger partial charge in [-0.25, -0.2) is 4.79 Å². The molecule has 1 aliphatic heterocycles. The molecule has 14 heteroatoms. The maximum absolute atomic E-state index is 13.4. The third kappa shape index (κ3) is 10.7. The van der Waals surface area contributed by atoms with E-state index in [0.29, 0.717) is 78.3 Å². The molecule has 0 bridgehead atoms. The third-order valence-electron chi connectivity index (χ3n) is 11.0. The average molecular weight is 839 g/mol. The first-order valence-electron chi connectivity index (χ1n) is 20.5. The third-order valence-corrected chi connectivity index (χ3v) is 11.0. The van der Waals surface area contributed by atoms with Crippen LogP contribution >= 0.6 is 0 Å². The molecule has 3 amide bonds. The summed E-state index contributed by atoms with van der Waals surface area (Å²) in [7, 11) is 3.20. The van der Waals surface area contributed by atoms with Gasteiger partial charge in [-0.1, -0.05) is 66.7 Å². The van der Waals surface area contributed by atoms with Crippen LogP contribution in [0, 0.1) is 0 Å². The number of aromatic hydroxyl groups is 1. The summed E-state index contributed by atoms with van der Waals surface area (Å²) in [6, 6.07) is 35.7. The highest BCUT2D eigenvalue weighted by atomic mass is 16.6. The van der Waals surface area contributed by atoms with E-state index in [1.807, 2.05) is 60.7 Å². The number of rotatable bonds is 15. The number of amides is 3. The van der Waals surface area contributed by atoms with Crippen LogP contribution in [0.15, 0.2) is 126 Å². The number of hydrogen-bond donors (Lipinski definition) is 6. The molecule has 0 saturated carbocycles. The van der Waals surface area contributed by atoms with Crippen LogP contribution in [0.3, 0.4) is 0 Å². The number of H-pyrrole nitrogens is 1. The van der Waals surface area contributed by atoms with E-state index in [0.717, 1.165) is 16.7 Å². The van der Waals surface area contributed by atoms with Crippen LogP contribution in [0.1, 0.15) is 46.9 Å². The normalized spacial score (nSPS) is 13.6. The van der Waals surface area contributed by atoms with Gasteiger partial charge in [0.25, 0.3) is 5.91 Å². The van der Waals surface area contributed by atoms with Gasteiger partial charge in [-0.3, -0.25) is 19.7 Å². The maximum atomic E-state index is 13.4. The number of benzene rings is 5. The minimum Gasteiger partial charge on any atom is -0.506 e. The number of methoxy groups -OCH3 is 1. The van der Waals surface area contributed by atoms with Crippen LogP contribution in [0.25, 0.3) is 22.0 Å². The molecule has 14 nitrogen and oxygen atoms in total. The standard InChI is InChI=1S/C48H50N6O8/c1-53(45(58)23-26-54-24-21-35(22-25-54)62-48(60)51-39-14-7-6-13-36(39)32-9-4-3-5-10-32)34-12-8-11-33(28-34)47(59)50-40-18-15-31(27-43(40)61-2)29-49-30-42(56)37-16-19-41(55)46-38(37)17-20-44(57)52-46/h3-20,27-28,35,42,49,55-56H,21-26,29-30H2,1-2H3,(H,50,59)(H,51,60)(H,52,57)/t42-/m0/s1. The Morgan fingerprint density at radius 1 is 0.871 bits per heavy atom. The molecule has 0 spiro atoms. The van der Waals surface area contributed by atoms with Crippen molar-refractivity contribution < 1.29 is 34.1 Å². The molecule has 6 aromatic rings. The van der Waals surface area contributed by atoms with E-state index >= 15 is 0 Å². The van der Waals surface area contributed by atoms with Gasteiger partial charge in [0.05, 0.1) is 30.1 Å². The summed E-state index contributed by atoms with van der Waals surface area (Å²) in [5.74, 6) is -0.103. The second-order valence-corrected chi connectivity index (χ2v) is 15.2. The molecule has 320 valence electrons. The predicted molar refractivity (Wildman–Crippen MR) is 240 cm³/mol. The van der Waals surface area contributed by atoms with Crippen molar-refractivity contribution >= 4 is 45.9 Å². The van der Waals surface area contributed by atoms with Crippen LogP contribution in [0.5, 0.6) is 11.5 Å². The number of carbonyl (C=O) groups is 3. The lowest BCUT2D eigenvalue weighted by Gasteiger charge is -2.31. The first-order chi connectivity index (χ1) is 30.1. The minimum absolute atomic E-state index is 0.0784. The zero-order valence-electron chi connectivity index (χ0n) is 34.6. The maximum Gasteiger partial charge on any atom is 0.411 e. The fourth-order valence-corrected chi connectivity index (χ4v) is 7.58. The van der Waals surface area contributed by atoms with Crippen LogP contribution in [0.4, 0.5) is 21.9 Å². The summed E-state index contributed by atoms with van der Waals surface area (Å²) in [5.41, 5.74) is 5.32. The number of ether oxygens (including phenoxy) is 2. The lowest BCUT2D eigenvalue weighted by Crippen LogP contribution is -2.40. The largest absolute Gasteiger partial charge is 0.506 e. The van der Waals surface area contributed by atoms with Gasteiger partial charge in [0.1, 0.15) is 17.6 Å². The average Bonchev–Trinajstić information content (AvgIpc) is 3.29. The number of aliphatic hydroxyl groups is 1. The van der Waals surface area contributed by atoms with Crippen molar-refractivity contribution in [2.75, 3.05) is 55.9 Å². The number of nitrogens with zero attached hydrogens (tertiary/aromatic N) is 2. The number of para-hydroxylation sites is 1. The molecule has 1 saturated heterocycles. The van der Waals surface area contributed by atoms with Gasteiger partial charge in [0.2, 0.25) is 11.5 Å². The fourth-order valence-electron chi connectivity index (χ4n) is 7.58. The Hall–Kier alpha value is -7.00. The molecule has 1 atom stereocenters. The Kier molecular flexibility index (Phi) is 13.9. The SMILES string of the molecule is COc1cc(CNC[C@H](O)c2ccc(O)c3[nH]c(=O)ccc23)ccc1NC(=O)c1cccc(N(C)C(=O)CCN2CCC(OC(=O)Nc3ccccc3-c3ccccc3)CC2)c1. The number of likely N-dealkylation sites (tertiary alicyclic amines) is 1. The van der Waals surface area contributed by atoms with Gasteiger partial charge < -0.3 is 45.1 Å². The highest BCUT2D eigenvalue weighted by molar-refractivity contribution is 6.06. The highest BCUT2D eigenvalue weighted by Crippen LogP contribution is 2.31. The van der Waals surface area contributed by atoms with Gasteiger partial charge in [-0.05, 0) is 78.1 Å². The molecule has 1 fully saturated rings. The Balaban J connectivity index is 0.857. The molecule has 0 radical (unpaired) electrons. The van der Waals surface area contributed by atoms with Gasteiger partial charge in [0.15, 0.2) is 0 Å². The van der Waals surface area contributed by atoms with Gasteiger partial charge in [-0.15, -0.1) is 0 Å². The zero-order chi connectivity index (χ0) is 43.6. The smallest absolute Gasteiger partial charge is 0.411 e. The Morgan fingerprint density at radius 2 is 1.65 bits per heavy atom. The second kappa shape index (κ2) is 20.0. The topological polar surface area (TPSA) is 186 Å². The van der Waals surface area contributed by atoms with Crippen molar-refractivity contribution in [3.8, 4) is 22.6 Å². The van der Waals surface area contributed by atoms with Crippen molar-refractivity contribution in [1.82, 2.24) is 15.2 Å². The number of phenolic OH excluding ortho intramolecular Hbond substituents is 1. The number of pyridine rings is 1. The van der Waals surface area contributed by atoms with E-state index in [1.165, 1.54) is 19.2 Å². The Morgan fingerprint density at radius 3 is 2.44 bits per heavy atom. The van der Waals surface area contributed by atoms with E-state index in [4.69, 9.17) is 9.47 Å². The number of piperidine rings is 1. The lowest BCUT2D eigenvalue weighted by molar-refractivity contribution is -0.118. The Bertz CT molecular complexity index is 2590. The molecule has 5 aromatic carbocycles. The summed E-state index contributed by atoms with van der Waals surface area (Å²) in [6.45, 7) is 2.51. The van der Waals surface area contributed by atoms with Gasteiger partial charge in [-0.2, -0.15) is 0 Å². The van der Waals surface area contributed by atoms with Gasteiger partial charge >= 0.3 is 6.09 Å². The van der Waals surface area contributed by atoms with E-state index in [-0.39, 0.29) is 47.7 Å². The number of fused-ring (bicyclic) bond motifs is 1. The van der Waals surface area contributed by atoms with Crippen LogP contribution < -0.4 is 31.1 Å². The summed E-state index contributed by atoms with van der Waals surface area (Å²) in [5, 5.41) is 30.7. The molecule has 7 rings (SSSR count). The lowest BCUT2D eigenvalue weighted by atomic mass is 10.0. The molecule has 0 unspecified atom stereocenters. The van der Waals surface area contributed by atoms with E-state index < -0.39 is 12.2 Å². The number of nitrogens with one attached hydrogen (secondary N) is 4. The van der Waals surface area contributed by atoms with E-state index in [2.05, 4.69) is 25.8 Å². The second-order valence-electron chi connectivity index (χ2n) is 15.2. The summed E-state index contributed by atoms with van der Waals surface area (Å²) >= 11 is 0. The predicted octanol–water partition coefficient (Wildman–Crippen LogP) is 7.05. The molecule has 1 aromatic heterocycles. The first kappa shape index (κ1) is 43.1. The summed E-state index contributed by atoms with van der Waals surface area (Å²) < 4.78 is 11.4. The molecule has 0 aliphatic carbocycles. The van der Waals surface area contributed by atoms with E-state index in [9.17, 15) is 29.4 Å². The molecule has 62 heavy (non-hydrogen) atoms. The van der Waals surface area contributed by atoms with Crippen LogP contribution in [-0.2, 0) is 16.1 Å². The molecular formula is C48H50N6O8. The first-order valence-corrected chi connectivity index (χ1v) is 20.5. The number of phenols is 1. The zero-order valence-corrected chi connectivity index (χ0v) is 34.6. The van der Waals surface area contributed by atoms with Crippen LogP contribution in [-0.4, -0.2) is 84.4 Å². The highest BCUT2D eigenvalue weighted by Gasteiger charge is 2.24. The van der Waals surface area contributed by atoms with Crippen molar-refractivity contribution in [2.24, 2.45) is 0 Å². The quantitative estimate of drug-likeness (QED) is 0.0626. The fraction of sp³-hybridized carbons (Fsp3) is 0.250. The summed E-state index contributed by atoms with van der Waals surface area (Å²) in [4.78, 5) is 57.7. The van der Waals surface area contributed by atoms with Crippen molar-refractivity contribution in [1.29, 1.82) is 0 Å². The molecular weight excluding hydrogens is 789 g/mol. The van der Waals surface area contributed by atoms with Gasteiger partial charge in [0, 0.05) is 74.5 Å². The number of hydrogen-bond acceptors (Lipinski definition) is 10. The number of aromatic amines is 1. The number of anilines is 3. The van der Waals surface area contributed by atoms with Crippen molar-refractivity contribution in [3.05, 3.63) is 148 Å². The molecule has 6 N–H and O–H groups in total. The minimum atomic E-state index is -0.920. The van der Waals surface area contributed by atoms with Crippen molar-refractivity contribution in [2.45, 2.75) is 38.0 Å². The summed E-state index contributed by atoms with van der Waals surface area (Å²) in [6.07, 6.45) is -0.0278. The molecule has 2 heterocycles. The number of carbonyl (C=O) groups excluding carboxylic acids is 3.